The molecule has 0 spiro atoms. The Morgan fingerprint density at radius 1 is 1.44 bits per heavy atom. The van der Waals surface area contributed by atoms with E-state index in [2.05, 4.69) is 12.2 Å². The van der Waals surface area contributed by atoms with Crippen LogP contribution in [0.1, 0.15) is 0 Å². The van der Waals surface area contributed by atoms with E-state index in [-0.39, 0.29) is 0 Å². The molecule has 2 nitrogen and oxygen atoms in total. The summed E-state index contributed by atoms with van der Waals surface area (Å²) >= 11 is 4.32. The third kappa shape index (κ3) is 1.87. The molecule has 1 aliphatic rings. The number of hydrogen-bond donors (Lipinski definition) is 0. The maximum atomic E-state index is 12.2. The molecule has 0 N–H and O–H groups in total. The van der Waals surface area contributed by atoms with Crippen molar-refractivity contribution >= 4 is 17.5 Å². The summed E-state index contributed by atoms with van der Waals surface area (Å²) in [7, 11) is 0. The fourth-order valence-electron chi connectivity index (χ4n) is 0.739. The van der Waals surface area contributed by atoms with E-state index in [9.17, 15) is 4.39 Å². The summed E-state index contributed by atoms with van der Waals surface area (Å²) < 4.78 is 17.2. The van der Waals surface area contributed by atoms with Crippen LogP contribution in [0.5, 0.6) is 0 Å². The molecule has 0 aromatic heterocycles. The number of thiocarbonyl (C=S) groups is 1. The van der Waals surface area contributed by atoms with E-state index in [0.29, 0.717) is 26.3 Å². The highest BCUT2D eigenvalue weighted by molar-refractivity contribution is 7.79. The number of nitrogens with zero attached hydrogens (tertiary/aromatic N) is 1. The lowest BCUT2D eigenvalue weighted by Crippen LogP contribution is -2.37. The Hall–Kier alpha value is -0.220. The van der Waals surface area contributed by atoms with Crippen LogP contribution in [-0.4, -0.2) is 36.4 Å². The van der Waals surface area contributed by atoms with Gasteiger partial charge in [-0.2, -0.15) is 4.39 Å². The van der Waals surface area contributed by atoms with Gasteiger partial charge >= 0.3 is 0 Å². The van der Waals surface area contributed by atoms with Crippen molar-refractivity contribution in [2.75, 3.05) is 26.3 Å². The summed E-state index contributed by atoms with van der Waals surface area (Å²) in [6.07, 6.45) is 0. The fraction of sp³-hybridized carbons (Fsp3) is 0.800. The van der Waals surface area contributed by atoms with E-state index in [1.165, 1.54) is 4.90 Å². The molecule has 1 saturated heterocycles. The molecule has 9 heavy (non-hydrogen) atoms. The predicted molar refractivity (Wildman–Crippen MR) is 36.1 cm³/mol. The van der Waals surface area contributed by atoms with Gasteiger partial charge in [-0.05, 0) is 12.2 Å². The minimum atomic E-state index is -0.515. The quantitative estimate of drug-likeness (QED) is 0.284. The standard InChI is InChI=1S/C5H8FNOS/c6-5(9)7-1-3-8-4-2-7/h1-4H2. The van der Waals surface area contributed by atoms with Gasteiger partial charge in [-0.25, -0.2) is 0 Å². The van der Waals surface area contributed by atoms with Crippen molar-refractivity contribution in [1.82, 2.24) is 4.90 Å². The molecule has 0 amide bonds. The third-order valence-electron chi connectivity index (χ3n) is 1.26. The van der Waals surface area contributed by atoms with Gasteiger partial charge in [0.1, 0.15) is 0 Å². The highest BCUT2D eigenvalue weighted by Gasteiger charge is 2.11. The Bertz CT molecular complexity index is 114. The molecule has 52 valence electrons. The second-order valence-electron chi connectivity index (χ2n) is 1.85. The molecule has 0 bridgehead atoms. The Morgan fingerprint density at radius 2 is 2.00 bits per heavy atom. The van der Waals surface area contributed by atoms with Crippen LogP contribution in [0.2, 0.25) is 0 Å². The monoisotopic (exact) mass is 149 g/mol. The van der Waals surface area contributed by atoms with Crippen LogP contribution in [0.25, 0.3) is 0 Å². The Labute approximate surface area is 58.6 Å². The molecule has 0 aromatic rings. The van der Waals surface area contributed by atoms with Gasteiger partial charge in [0, 0.05) is 13.1 Å². The Balaban J connectivity index is 2.31. The largest absolute Gasteiger partial charge is 0.378 e. The summed E-state index contributed by atoms with van der Waals surface area (Å²) in [6.45, 7) is 2.36. The van der Waals surface area contributed by atoms with Crippen molar-refractivity contribution in [3.8, 4) is 0 Å². The molecule has 1 fully saturated rings. The summed E-state index contributed by atoms with van der Waals surface area (Å²) in [5.74, 6) is 0. The van der Waals surface area contributed by atoms with Crippen molar-refractivity contribution in [2.24, 2.45) is 0 Å². The van der Waals surface area contributed by atoms with Crippen LogP contribution in [-0.2, 0) is 4.74 Å². The maximum Gasteiger partial charge on any atom is 0.255 e. The normalized spacial score (nSPS) is 19.9. The van der Waals surface area contributed by atoms with Crippen molar-refractivity contribution in [3.63, 3.8) is 0 Å². The maximum absolute atomic E-state index is 12.2. The highest BCUT2D eigenvalue weighted by Crippen LogP contribution is 1.98. The topological polar surface area (TPSA) is 12.5 Å². The molecule has 0 atom stereocenters. The van der Waals surface area contributed by atoms with E-state index in [1.807, 2.05) is 0 Å². The molecule has 0 saturated carbocycles. The van der Waals surface area contributed by atoms with E-state index < -0.39 is 5.24 Å². The van der Waals surface area contributed by atoms with Gasteiger partial charge < -0.3 is 9.64 Å². The first-order valence-corrected chi connectivity index (χ1v) is 3.23. The minimum absolute atomic E-state index is 0.515. The van der Waals surface area contributed by atoms with Crippen molar-refractivity contribution in [1.29, 1.82) is 0 Å². The van der Waals surface area contributed by atoms with Crippen LogP contribution in [0.3, 0.4) is 0 Å². The van der Waals surface area contributed by atoms with Crippen molar-refractivity contribution < 1.29 is 9.13 Å². The van der Waals surface area contributed by atoms with Gasteiger partial charge in [0.25, 0.3) is 5.24 Å². The zero-order valence-corrected chi connectivity index (χ0v) is 5.79. The second kappa shape index (κ2) is 3.08. The predicted octanol–water partition coefficient (Wildman–Crippen LogP) is 0.573. The van der Waals surface area contributed by atoms with Crippen LogP contribution in [0.4, 0.5) is 4.39 Å². The first kappa shape index (κ1) is 6.89. The number of halogens is 1. The van der Waals surface area contributed by atoms with Gasteiger partial charge in [-0.3, -0.25) is 0 Å². The Kier molecular flexibility index (Phi) is 2.36. The number of hydrogen-bond acceptors (Lipinski definition) is 2. The highest BCUT2D eigenvalue weighted by atomic mass is 32.1. The van der Waals surface area contributed by atoms with E-state index in [0.717, 1.165) is 0 Å². The molecule has 0 aromatic carbocycles. The number of rotatable bonds is 0. The molecule has 0 unspecified atom stereocenters. The smallest absolute Gasteiger partial charge is 0.255 e. The molecule has 4 heteroatoms. The molecular formula is C5H8FNOS. The molecule has 1 rings (SSSR count). The van der Waals surface area contributed by atoms with E-state index in [1.54, 1.807) is 0 Å². The average molecular weight is 149 g/mol. The minimum Gasteiger partial charge on any atom is -0.378 e. The van der Waals surface area contributed by atoms with Crippen molar-refractivity contribution in [3.05, 3.63) is 0 Å². The van der Waals surface area contributed by atoms with E-state index in [4.69, 9.17) is 4.74 Å². The third-order valence-corrected chi connectivity index (χ3v) is 1.52. The lowest BCUT2D eigenvalue weighted by atomic mass is 10.5. The van der Waals surface area contributed by atoms with Gasteiger partial charge in [-0.1, -0.05) is 0 Å². The second-order valence-corrected chi connectivity index (χ2v) is 2.19. The summed E-state index contributed by atoms with van der Waals surface area (Å²) in [4.78, 5) is 1.50. The molecular weight excluding hydrogens is 141 g/mol. The van der Waals surface area contributed by atoms with Gasteiger partial charge in [0.05, 0.1) is 13.2 Å². The molecule has 1 aliphatic heterocycles. The Morgan fingerprint density at radius 3 is 2.33 bits per heavy atom. The number of morpholine rings is 1. The van der Waals surface area contributed by atoms with Gasteiger partial charge in [0.2, 0.25) is 0 Å². The fourth-order valence-corrected chi connectivity index (χ4v) is 0.922. The van der Waals surface area contributed by atoms with Crippen LogP contribution < -0.4 is 0 Å². The first-order valence-electron chi connectivity index (χ1n) is 2.83. The molecule has 1 heterocycles. The van der Waals surface area contributed by atoms with Crippen LogP contribution >= 0.6 is 12.2 Å². The summed E-state index contributed by atoms with van der Waals surface area (Å²) in [6, 6.07) is 0. The summed E-state index contributed by atoms with van der Waals surface area (Å²) in [5, 5.41) is -0.515. The zero-order valence-electron chi connectivity index (χ0n) is 4.97. The van der Waals surface area contributed by atoms with Gasteiger partial charge in [0.15, 0.2) is 0 Å². The van der Waals surface area contributed by atoms with Gasteiger partial charge in [-0.15, -0.1) is 0 Å². The lowest BCUT2D eigenvalue weighted by molar-refractivity contribution is 0.0653. The zero-order chi connectivity index (χ0) is 6.69. The SMILES string of the molecule is FC(=S)N1CCOCC1. The molecule has 0 radical (unpaired) electrons. The first-order chi connectivity index (χ1) is 4.30. The average Bonchev–Trinajstić information content (AvgIpc) is 1.90. The van der Waals surface area contributed by atoms with Crippen LogP contribution in [0, 0.1) is 0 Å². The summed E-state index contributed by atoms with van der Waals surface area (Å²) in [5.41, 5.74) is 0. The lowest BCUT2D eigenvalue weighted by Gasteiger charge is -2.24. The molecule has 0 aliphatic carbocycles. The number of ether oxygens (including phenoxy) is 1. The van der Waals surface area contributed by atoms with Crippen LogP contribution in [0.15, 0.2) is 0 Å². The van der Waals surface area contributed by atoms with Crippen molar-refractivity contribution in [2.45, 2.75) is 0 Å². The van der Waals surface area contributed by atoms with E-state index >= 15 is 0 Å².